The Bertz CT molecular complexity index is 1350. The van der Waals surface area contributed by atoms with E-state index in [0.29, 0.717) is 30.1 Å². The van der Waals surface area contributed by atoms with E-state index in [0.717, 1.165) is 16.5 Å². The molecule has 4 heterocycles. The van der Waals surface area contributed by atoms with Gasteiger partial charge in [0, 0.05) is 30.7 Å². The van der Waals surface area contributed by atoms with Gasteiger partial charge in [-0.15, -0.1) is 10.2 Å². The standard InChI is InChI=1S/C25H27F3N6/c1-24(2,3)18-6-4-5-15-7-9-19(30-21(15)18)23-32-31-20-10-8-16(13-34(20)23)22(25(26,27)28)33-12-11-17(29)14-33/h4-10,13,17,22H,11-12,14,29H2,1-3H3. The fraction of sp³-hybridized carbons (Fsp3) is 0.400. The van der Waals surface area contributed by atoms with Crippen LogP contribution in [0.25, 0.3) is 28.1 Å². The summed E-state index contributed by atoms with van der Waals surface area (Å²) in [5.74, 6) is 0.404. The molecule has 34 heavy (non-hydrogen) atoms. The van der Waals surface area contributed by atoms with Crippen molar-refractivity contribution in [2.45, 2.75) is 50.9 Å². The number of hydrogen-bond acceptors (Lipinski definition) is 5. The van der Waals surface area contributed by atoms with E-state index in [-0.39, 0.29) is 23.6 Å². The number of benzene rings is 1. The van der Waals surface area contributed by atoms with Crippen LogP contribution in [0.3, 0.4) is 0 Å². The lowest BCUT2D eigenvalue weighted by Crippen LogP contribution is -2.38. The monoisotopic (exact) mass is 468 g/mol. The van der Waals surface area contributed by atoms with Gasteiger partial charge in [-0.25, -0.2) is 4.98 Å². The zero-order valence-corrected chi connectivity index (χ0v) is 19.3. The molecule has 3 aromatic heterocycles. The van der Waals surface area contributed by atoms with Crippen molar-refractivity contribution in [3.8, 4) is 11.5 Å². The highest BCUT2D eigenvalue weighted by atomic mass is 19.4. The Morgan fingerprint density at radius 1 is 1.03 bits per heavy atom. The Morgan fingerprint density at radius 2 is 1.82 bits per heavy atom. The number of halogens is 3. The average Bonchev–Trinajstić information content (AvgIpc) is 3.37. The molecule has 1 aromatic carbocycles. The summed E-state index contributed by atoms with van der Waals surface area (Å²) >= 11 is 0. The minimum atomic E-state index is -4.44. The van der Waals surface area contributed by atoms with E-state index < -0.39 is 12.2 Å². The molecule has 0 radical (unpaired) electrons. The summed E-state index contributed by atoms with van der Waals surface area (Å²) in [7, 11) is 0. The van der Waals surface area contributed by atoms with Crippen molar-refractivity contribution < 1.29 is 13.2 Å². The molecule has 0 bridgehead atoms. The molecular formula is C25H27F3N6. The highest BCUT2D eigenvalue weighted by Crippen LogP contribution is 2.39. The minimum absolute atomic E-state index is 0.123. The van der Waals surface area contributed by atoms with Crippen LogP contribution in [0, 0.1) is 0 Å². The van der Waals surface area contributed by atoms with Gasteiger partial charge in [0.05, 0.1) is 5.52 Å². The molecule has 0 spiro atoms. The topological polar surface area (TPSA) is 72.3 Å². The van der Waals surface area contributed by atoms with Gasteiger partial charge in [0.2, 0.25) is 0 Å². The predicted molar refractivity (Wildman–Crippen MR) is 125 cm³/mol. The van der Waals surface area contributed by atoms with Gasteiger partial charge in [0.15, 0.2) is 11.5 Å². The number of nitrogens with zero attached hydrogens (tertiary/aromatic N) is 5. The molecule has 9 heteroatoms. The van der Waals surface area contributed by atoms with Crippen LogP contribution < -0.4 is 5.73 Å². The Hall–Kier alpha value is -3.04. The Morgan fingerprint density at radius 3 is 2.50 bits per heavy atom. The van der Waals surface area contributed by atoms with Crippen LogP contribution in [0.4, 0.5) is 13.2 Å². The maximum atomic E-state index is 14.1. The molecule has 2 atom stereocenters. The number of pyridine rings is 2. The Balaban J connectivity index is 1.63. The fourth-order valence-electron chi connectivity index (χ4n) is 4.78. The second-order valence-corrected chi connectivity index (χ2v) is 10.0. The predicted octanol–water partition coefficient (Wildman–Crippen LogP) is 4.88. The second kappa shape index (κ2) is 8.02. The van der Waals surface area contributed by atoms with Crippen LogP contribution >= 0.6 is 0 Å². The summed E-state index contributed by atoms with van der Waals surface area (Å²) in [6.07, 6.45) is -2.41. The number of alkyl halides is 3. The van der Waals surface area contributed by atoms with Gasteiger partial charge in [-0.2, -0.15) is 13.2 Å². The zero-order chi connectivity index (χ0) is 24.3. The molecule has 1 saturated heterocycles. The van der Waals surface area contributed by atoms with E-state index in [2.05, 4.69) is 31.0 Å². The number of rotatable bonds is 3. The molecular weight excluding hydrogens is 441 g/mol. The third-order valence-electron chi connectivity index (χ3n) is 6.43. The van der Waals surface area contributed by atoms with Crippen molar-refractivity contribution in [1.29, 1.82) is 0 Å². The number of likely N-dealkylation sites (tertiary alicyclic amines) is 1. The Labute approximate surface area is 195 Å². The first kappa shape index (κ1) is 22.7. The zero-order valence-electron chi connectivity index (χ0n) is 19.3. The van der Waals surface area contributed by atoms with Crippen molar-refractivity contribution in [3.05, 3.63) is 59.8 Å². The van der Waals surface area contributed by atoms with Crippen LogP contribution in [0.1, 0.15) is 44.4 Å². The molecule has 1 aliphatic heterocycles. The first-order valence-corrected chi connectivity index (χ1v) is 11.3. The molecule has 2 unspecified atom stereocenters. The van der Waals surface area contributed by atoms with Crippen LogP contribution in [0.2, 0.25) is 0 Å². The van der Waals surface area contributed by atoms with Gasteiger partial charge in [0.1, 0.15) is 11.7 Å². The van der Waals surface area contributed by atoms with Crippen LogP contribution in [-0.4, -0.2) is 49.8 Å². The smallest absolute Gasteiger partial charge is 0.326 e. The fourth-order valence-corrected chi connectivity index (χ4v) is 4.78. The highest BCUT2D eigenvalue weighted by Gasteiger charge is 2.46. The van der Waals surface area contributed by atoms with Crippen molar-refractivity contribution in [2.75, 3.05) is 13.1 Å². The summed E-state index contributed by atoms with van der Waals surface area (Å²) in [5.41, 5.74) is 8.86. The number of hydrogen-bond donors (Lipinski definition) is 1. The molecule has 178 valence electrons. The number of nitrogens with two attached hydrogens (primary N) is 1. The van der Waals surface area contributed by atoms with Gasteiger partial charge in [0.25, 0.3) is 0 Å². The quantitative estimate of drug-likeness (QED) is 0.464. The third-order valence-corrected chi connectivity index (χ3v) is 6.43. The maximum Gasteiger partial charge on any atom is 0.408 e. The van der Waals surface area contributed by atoms with Crippen molar-refractivity contribution >= 4 is 16.6 Å². The number of aromatic nitrogens is 4. The number of para-hydroxylation sites is 1. The van der Waals surface area contributed by atoms with Crippen LogP contribution in [-0.2, 0) is 5.41 Å². The molecule has 0 amide bonds. The summed E-state index contributed by atoms with van der Waals surface area (Å²) in [4.78, 5) is 6.27. The minimum Gasteiger partial charge on any atom is -0.326 e. The summed E-state index contributed by atoms with van der Waals surface area (Å²) in [6, 6.07) is 10.9. The largest absolute Gasteiger partial charge is 0.408 e. The van der Waals surface area contributed by atoms with E-state index >= 15 is 0 Å². The van der Waals surface area contributed by atoms with E-state index in [9.17, 15) is 13.2 Å². The summed E-state index contributed by atoms with van der Waals surface area (Å²) in [5, 5.41) is 9.44. The molecule has 2 N–H and O–H groups in total. The lowest BCUT2D eigenvalue weighted by Gasteiger charge is -2.30. The van der Waals surface area contributed by atoms with Gasteiger partial charge >= 0.3 is 6.18 Å². The molecule has 4 aromatic rings. The number of fused-ring (bicyclic) bond motifs is 2. The highest BCUT2D eigenvalue weighted by molar-refractivity contribution is 5.84. The molecule has 1 fully saturated rings. The molecule has 5 rings (SSSR count). The molecule has 0 saturated carbocycles. The third kappa shape index (κ3) is 4.03. The summed E-state index contributed by atoms with van der Waals surface area (Å²) < 4.78 is 44.0. The first-order valence-electron chi connectivity index (χ1n) is 11.3. The first-order chi connectivity index (χ1) is 16.0. The van der Waals surface area contributed by atoms with Crippen molar-refractivity contribution in [1.82, 2.24) is 24.5 Å². The van der Waals surface area contributed by atoms with Crippen molar-refractivity contribution in [3.63, 3.8) is 0 Å². The Kier molecular flexibility index (Phi) is 5.37. The van der Waals surface area contributed by atoms with Crippen LogP contribution in [0.15, 0.2) is 48.7 Å². The SMILES string of the molecule is CC(C)(C)c1cccc2ccc(-c3nnc4ccc(C(N5CCC(N)C5)C(F)(F)F)cn34)nc12. The lowest BCUT2D eigenvalue weighted by molar-refractivity contribution is -0.183. The summed E-state index contributed by atoms with van der Waals surface area (Å²) in [6.45, 7) is 6.88. The van der Waals surface area contributed by atoms with E-state index in [1.165, 1.54) is 17.2 Å². The van der Waals surface area contributed by atoms with E-state index in [1.54, 1.807) is 10.5 Å². The maximum absolute atomic E-state index is 14.1. The molecule has 1 aliphatic rings. The van der Waals surface area contributed by atoms with Gasteiger partial charge in [-0.1, -0.05) is 51.1 Å². The van der Waals surface area contributed by atoms with E-state index in [1.807, 2.05) is 30.3 Å². The van der Waals surface area contributed by atoms with Crippen LogP contribution in [0.5, 0.6) is 0 Å². The second-order valence-electron chi connectivity index (χ2n) is 10.0. The van der Waals surface area contributed by atoms with E-state index in [4.69, 9.17) is 10.7 Å². The average molecular weight is 469 g/mol. The van der Waals surface area contributed by atoms with Gasteiger partial charge in [-0.05, 0) is 35.1 Å². The van der Waals surface area contributed by atoms with Gasteiger partial charge < -0.3 is 5.73 Å². The van der Waals surface area contributed by atoms with Gasteiger partial charge in [-0.3, -0.25) is 9.30 Å². The van der Waals surface area contributed by atoms with Crippen molar-refractivity contribution in [2.24, 2.45) is 5.73 Å². The lowest BCUT2D eigenvalue weighted by atomic mass is 9.85. The molecule has 0 aliphatic carbocycles. The molecule has 6 nitrogen and oxygen atoms in total. The normalized spacial score (nSPS) is 18.7.